The van der Waals surface area contributed by atoms with Crippen molar-refractivity contribution in [1.29, 1.82) is 0 Å². The van der Waals surface area contributed by atoms with Crippen molar-refractivity contribution in [3.8, 4) is 0 Å². The molecular weight excluding hydrogens is 545 g/mol. The lowest BCUT2D eigenvalue weighted by Crippen LogP contribution is -2.58. The molecule has 2 unspecified atom stereocenters. The topological polar surface area (TPSA) is 58.2 Å². The molecule has 0 aliphatic carbocycles. The van der Waals surface area contributed by atoms with Crippen LogP contribution in [0.2, 0.25) is 5.02 Å². The van der Waals surface area contributed by atoms with Crippen LogP contribution in [0.25, 0.3) is 0 Å². The third kappa shape index (κ3) is 6.71. The zero-order chi connectivity index (χ0) is 28.6. The zero-order valence-electron chi connectivity index (χ0n) is 20.6. The number of rotatable bonds is 8. The summed E-state index contributed by atoms with van der Waals surface area (Å²) in [5.41, 5.74) is -2.60. The van der Waals surface area contributed by atoms with Crippen LogP contribution in [-0.2, 0) is 16.0 Å². The maximum absolute atomic E-state index is 14.4. The molecule has 4 nitrogen and oxygen atoms in total. The number of aryl methyl sites for hydroxylation is 2. The molecule has 0 heterocycles. The second-order valence-electron chi connectivity index (χ2n) is 9.32. The quantitative estimate of drug-likeness (QED) is 0.251. The lowest BCUT2D eigenvalue weighted by Gasteiger charge is -2.30. The summed E-state index contributed by atoms with van der Waals surface area (Å²) in [6.07, 6.45) is -5.60. The normalized spacial score (nSPS) is 15.1. The summed E-state index contributed by atoms with van der Waals surface area (Å²) in [4.78, 5) is 24.3. The molecule has 0 aliphatic heterocycles. The molecule has 2 N–H and O–H groups in total. The summed E-state index contributed by atoms with van der Waals surface area (Å²) in [5.74, 6) is -9.68. The molecule has 37 heavy (non-hydrogen) atoms. The van der Waals surface area contributed by atoms with Gasteiger partial charge in [-0.05, 0) is 63.4 Å². The van der Waals surface area contributed by atoms with Gasteiger partial charge in [0, 0.05) is 5.69 Å². The second-order valence-corrected chi connectivity index (χ2v) is 10.7. The van der Waals surface area contributed by atoms with E-state index in [0.717, 1.165) is 23.3 Å². The largest absolute Gasteiger partial charge is 0.457 e. The molecule has 0 spiro atoms. The fourth-order valence-electron chi connectivity index (χ4n) is 3.69. The lowest BCUT2D eigenvalue weighted by molar-refractivity contribution is -0.317. The first-order valence-electron chi connectivity index (χ1n) is 11.1. The fraction of sp³-hybridized carbons (Fsp3) is 0.440. The highest BCUT2D eigenvalue weighted by Gasteiger charge is 2.72. The predicted molar refractivity (Wildman–Crippen MR) is 132 cm³/mol. The minimum atomic E-state index is -6.32. The SMILES string of the molecule is CCc1cc(C)cc(C(C(=O)Nc2ccc(Cl)c(NC(=O)C(C)(F)C(F)(F)C(F)(F)F)c2)C(C)(C)Cl)c1. The van der Waals surface area contributed by atoms with Gasteiger partial charge < -0.3 is 10.6 Å². The second kappa shape index (κ2) is 10.7. The van der Waals surface area contributed by atoms with Crippen molar-refractivity contribution in [2.75, 3.05) is 10.6 Å². The molecule has 204 valence electrons. The molecule has 0 saturated heterocycles. The van der Waals surface area contributed by atoms with Gasteiger partial charge in [-0.2, -0.15) is 22.0 Å². The molecule has 2 aromatic carbocycles. The molecule has 0 aromatic heterocycles. The Morgan fingerprint density at radius 3 is 2.05 bits per heavy atom. The van der Waals surface area contributed by atoms with Gasteiger partial charge in [0.05, 0.1) is 21.5 Å². The summed E-state index contributed by atoms with van der Waals surface area (Å²) in [6.45, 7) is 6.92. The molecule has 0 bridgehead atoms. The van der Waals surface area contributed by atoms with E-state index in [4.69, 9.17) is 23.2 Å². The number of carbonyl (C=O) groups is 2. The Morgan fingerprint density at radius 2 is 1.54 bits per heavy atom. The van der Waals surface area contributed by atoms with E-state index < -0.39 is 46.1 Å². The molecule has 2 rings (SSSR count). The Hall–Kier alpha value is -2.46. The molecule has 0 aliphatic rings. The van der Waals surface area contributed by atoms with Gasteiger partial charge in [-0.3, -0.25) is 9.59 Å². The number of amides is 2. The Morgan fingerprint density at radius 1 is 0.946 bits per heavy atom. The van der Waals surface area contributed by atoms with Crippen molar-refractivity contribution in [3.63, 3.8) is 0 Å². The maximum Gasteiger partial charge on any atom is 0.457 e. The Balaban J connectivity index is 2.37. The monoisotopic (exact) mass is 570 g/mol. The highest BCUT2D eigenvalue weighted by Crippen LogP contribution is 2.46. The number of anilines is 2. The average molecular weight is 571 g/mol. The predicted octanol–water partition coefficient (Wildman–Crippen LogP) is 7.81. The van der Waals surface area contributed by atoms with E-state index in [1.165, 1.54) is 6.07 Å². The number of halogens is 8. The van der Waals surface area contributed by atoms with Gasteiger partial charge in [-0.15, -0.1) is 11.6 Å². The summed E-state index contributed by atoms with van der Waals surface area (Å²) in [7, 11) is 0. The van der Waals surface area contributed by atoms with E-state index in [2.05, 4.69) is 5.32 Å². The first-order chi connectivity index (χ1) is 16.7. The van der Waals surface area contributed by atoms with Gasteiger partial charge in [-0.25, -0.2) is 4.39 Å². The minimum Gasteiger partial charge on any atom is -0.325 e. The average Bonchev–Trinajstić information content (AvgIpc) is 2.73. The van der Waals surface area contributed by atoms with E-state index in [1.54, 1.807) is 19.2 Å². The zero-order valence-corrected chi connectivity index (χ0v) is 22.1. The molecule has 0 saturated carbocycles. The van der Waals surface area contributed by atoms with Gasteiger partial charge in [0.1, 0.15) is 0 Å². The van der Waals surface area contributed by atoms with Crippen molar-refractivity contribution in [1.82, 2.24) is 0 Å². The van der Waals surface area contributed by atoms with Crippen molar-refractivity contribution in [2.45, 2.75) is 69.6 Å². The number of hydrogen-bond donors (Lipinski definition) is 2. The summed E-state index contributed by atoms with van der Waals surface area (Å²) >= 11 is 12.5. The number of hydrogen-bond acceptors (Lipinski definition) is 2. The first kappa shape index (κ1) is 30.8. The standard InChI is InChI=1S/C25H26Cl2F6N2O2/c1-6-14-9-13(2)10-15(11-14)19(22(3,4)27)20(36)34-16-7-8-17(26)18(12-16)35-21(37)23(5,28)24(29,30)25(31,32)33/h7-12,19H,6H2,1-5H3,(H,34,36)(H,35,37). The minimum absolute atomic E-state index is 0.00197. The number of nitrogens with one attached hydrogen (secondary N) is 2. The molecular formula is C25H26Cl2F6N2O2. The highest BCUT2D eigenvalue weighted by molar-refractivity contribution is 6.34. The smallest absolute Gasteiger partial charge is 0.325 e. The van der Waals surface area contributed by atoms with Crippen LogP contribution in [0.5, 0.6) is 0 Å². The van der Waals surface area contributed by atoms with E-state index >= 15 is 0 Å². The Bertz CT molecular complexity index is 1180. The van der Waals surface area contributed by atoms with Crippen molar-refractivity contribution in [3.05, 3.63) is 58.1 Å². The van der Waals surface area contributed by atoms with E-state index in [0.29, 0.717) is 12.0 Å². The van der Waals surface area contributed by atoms with Crippen LogP contribution in [0.1, 0.15) is 50.3 Å². The van der Waals surface area contributed by atoms with Crippen LogP contribution in [0.4, 0.5) is 37.7 Å². The van der Waals surface area contributed by atoms with Gasteiger partial charge in [-0.1, -0.05) is 42.3 Å². The van der Waals surface area contributed by atoms with Crippen LogP contribution in [-0.4, -0.2) is 34.5 Å². The van der Waals surface area contributed by atoms with Crippen LogP contribution < -0.4 is 10.6 Å². The van der Waals surface area contributed by atoms with Crippen LogP contribution in [0.3, 0.4) is 0 Å². The van der Waals surface area contributed by atoms with Gasteiger partial charge in [0.15, 0.2) is 0 Å². The third-order valence-electron chi connectivity index (χ3n) is 5.70. The van der Waals surface area contributed by atoms with Crippen LogP contribution in [0.15, 0.2) is 36.4 Å². The summed E-state index contributed by atoms with van der Waals surface area (Å²) in [6, 6.07) is 9.08. The Labute approximate surface area is 220 Å². The van der Waals surface area contributed by atoms with Gasteiger partial charge >= 0.3 is 12.1 Å². The molecule has 12 heteroatoms. The molecule has 2 amide bonds. The third-order valence-corrected chi connectivity index (χ3v) is 6.25. The number of benzene rings is 2. The lowest BCUT2D eigenvalue weighted by atomic mass is 9.85. The number of alkyl halides is 7. The van der Waals surface area contributed by atoms with E-state index in [-0.39, 0.29) is 17.6 Å². The van der Waals surface area contributed by atoms with Crippen LogP contribution in [0, 0.1) is 6.92 Å². The van der Waals surface area contributed by atoms with Gasteiger partial charge in [0.2, 0.25) is 5.91 Å². The van der Waals surface area contributed by atoms with E-state index in [1.807, 2.05) is 32.0 Å². The molecule has 2 atom stereocenters. The molecule has 2 aromatic rings. The first-order valence-corrected chi connectivity index (χ1v) is 11.8. The van der Waals surface area contributed by atoms with Gasteiger partial charge in [0.25, 0.3) is 11.6 Å². The van der Waals surface area contributed by atoms with Crippen molar-refractivity contribution in [2.24, 2.45) is 0 Å². The van der Waals surface area contributed by atoms with Crippen LogP contribution >= 0.6 is 23.2 Å². The van der Waals surface area contributed by atoms with Crippen molar-refractivity contribution >= 4 is 46.4 Å². The molecule has 0 fully saturated rings. The Kier molecular flexibility index (Phi) is 8.92. The summed E-state index contributed by atoms with van der Waals surface area (Å²) < 4.78 is 79.5. The van der Waals surface area contributed by atoms with Crippen molar-refractivity contribution < 1.29 is 35.9 Å². The summed E-state index contributed by atoms with van der Waals surface area (Å²) in [5, 5.41) is 3.94. The highest BCUT2D eigenvalue weighted by atomic mass is 35.5. The fourth-order valence-corrected chi connectivity index (χ4v) is 4.08. The maximum atomic E-state index is 14.4. The van der Waals surface area contributed by atoms with E-state index in [9.17, 15) is 35.9 Å². The number of carbonyl (C=O) groups excluding carboxylic acids is 2. The molecule has 0 radical (unpaired) electrons.